The summed E-state index contributed by atoms with van der Waals surface area (Å²) < 4.78 is 13.1. The topological polar surface area (TPSA) is 62.7 Å². The standard InChI is InChI=1S/C13H10FN3/c14-11-3-1-2-10(7-11)12-6-9(4-5-15)8-17-13(12)16/h1-3,6-8H,4H2,(H2,16,17). The van der Waals surface area contributed by atoms with Crippen LogP contribution in [0.2, 0.25) is 0 Å². The molecule has 1 aromatic carbocycles. The first-order valence-corrected chi connectivity index (χ1v) is 5.08. The molecule has 0 fully saturated rings. The minimum Gasteiger partial charge on any atom is -0.383 e. The fraction of sp³-hybridized carbons (Fsp3) is 0.0769. The first-order chi connectivity index (χ1) is 8.20. The Kier molecular flexibility index (Phi) is 3.01. The quantitative estimate of drug-likeness (QED) is 0.857. The molecule has 0 unspecified atom stereocenters. The Balaban J connectivity index is 2.51. The third-order valence-electron chi connectivity index (χ3n) is 2.39. The average molecular weight is 227 g/mol. The highest BCUT2D eigenvalue weighted by atomic mass is 19.1. The number of halogens is 1. The van der Waals surface area contributed by atoms with Crippen molar-refractivity contribution < 1.29 is 4.39 Å². The number of benzene rings is 1. The Morgan fingerprint density at radius 1 is 1.35 bits per heavy atom. The van der Waals surface area contributed by atoms with Gasteiger partial charge in [0.15, 0.2) is 0 Å². The van der Waals surface area contributed by atoms with Crippen LogP contribution in [0, 0.1) is 17.1 Å². The molecule has 0 aliphatic carbocycles. The number of nitrogens with zero attached hydrogens (tertiary/aromatic N) is 2. The van der Waals surface area contributed by atoms with Gasteiger partial charge in [-0.25, -0.2) is 9.37 Å². The Morgan fingerprint density at radius 2 is 2.18 bits per heavy atom. The number of nitriles is 1. The van der Waals surface area contributed by atoms with Gasteiger partial charge in [-0.3, -0.25) is 0 Å². The molecule has 4 heteroatoms. The van der Waals surface area contributed by atoms with Crippen molar-refractivity contribution in [1.82, 2.24) is 4.98 Å². The Bertz CT molecular complexity index is 587. The lowest BCUT2D eigenvalue weighted by Gasteiger charge is -2.06. The summed E-state index contributed by atoms with van der Waals surface area (Å²) in [6, 6.07) is 9.93. The molecule has 2 rings (SSSR count). The molecule has 2 N–H and O–H groups in total. The number of hydrogen-bond donors (Lipinski definition) is 1. The van der Waals surface area contributed by atoms with Crippen LogP contribution in [0.1, 0.15) is 5.56 Å². The van der Waals surface area contributed by atoms with E-state index in [1.807, 2.05) is 6.07 Å². The molecule has 17 heavy (non-hydrogen) atoms. The zero-order chi connectivity index (χ0) is 12.3. The maximum Gasteiger partial charge on any atom is 0.131 e. The summed E-state index contributed by atoms with van der Waals surface area (Å²) in [6.45, 7) is 0. The Morgan fingerprint density at radius 3 is 2.88 bits per heavy atom. The second-order valence-electron chi connectivity index (χ2n) is 3.62. The number of nitrogens with two attached hydrogens (primary N) is 1. The van der Waals surface area contributed by atoms with Gasteiger partial charge in [-0.1, -0.05) is 12.1 Å². The minimum absolute atomic E-state index is 0.260. The zero-order valence-electron chi connectivity index (χ0n) is 9.02. The molecule has 0 atom stereocenters. The monoisotopic (exact) mass is 227 g/mol. The van der Waals surface area contributed by atoms with Crippen LogP contribution in [0.15, 0.2) is 36.5 Å². The molecular weight excluding hydrogens is 217 g/mol. The summed E-state index contributed by atoms with van der Waals surface area (Å²) in [4.78, 5) is 4.01. The highest BCUT2D eigenvalue weighted by Crippen LogP contribution is 2.25. The van der Waals surface area contributed by atoms with Crippen molar-refractivity contribution in [3.63, 3.8) is 0 Å². The van der Waals surface area contributed by atoms with E-state index < -0.39 is 0 Å². The maximum absolute atomic E-state index is 13.1. The first-order valence-electron chi connectivity index (χ1n) is 5.08. The Hall–Kier alpha value is -2.41. The zero-order valence-corrected chi connectivity index (χ0v) is 9.02. The third kappa shape index (κ3) is 2.40. The number of hydrogen-bond acceptors (Lipinski definition) is 3. The molecule has 1 heterocycles. The van der Waals surface area contributed by atoms with Crippen molar-refractivity contribution in [2.75, 3.05) is 5.73 Å². The van der Waals surface area contributed by atoms with Gasteiger partial charge in [0, 0.05) is 11.8 Å². The number of nitrogen functional groups attached to an aromatic ring is 1. The van der Waals surface area contributed by atoms with Crippen LogP contribution < -0.4 is 5.73 Å². The van der Waals surface area contributed by atoms with E-state index >= 15 is 0 Å². The van der Waals surface area contributed by atoms with Crippen LogP contribution >= 0.6 is 0 Å². The summed E-state index contributed by atoms with van der Waals surface area (Å²) in [5.41, 5.74) is 7.83. The third-order valence-corrected chi connectivity index (χ3v) is 2.39. The summed E-state index contributed by atoms with van der Waals surface area (Å²) in [5, 5.41) is 8.63. The number of anilines is 1. The molecule has 0 aliphatic rings. The van der Waals surface area contributed by atoms with Crippen LogP contribution in [-0.4, -0.2) is 4.98 Å². The molecule has 0 saturated carbocycles. The Labute approximate surface area is 98.3 Å². The van der Waals surface area contributed by atoms with Crippen molar-refractivity contribution in [2.24, 2.45) is 0 Å². The lowest BCUT2D eigenvalue weighted by Crippen LogP contribution is -1.96. The second kappa shape index (κ2) is 4.62. The molecule has 2 aromatic rings. The van der Waals surface area contributed by atoms with E-state index in [0.29, 0.717) is 16.9 Å². The lowest BCUT2D eigenvalue weighted by atomic mass is 10.0. The molecule has 0 aliphatic heterocycles. The van der Waals surface area contributed by atoms with Gasteiger partial charge in [0.05, 0.1) is 12.5 Å². The summed E-state index contributed by atoms with van der Waals surface area (Å²) in [5.74, 6) is 0.00451. The fourth-order valence-corrected chi connectivity index (χ4v) is 1.59. The van der Waals surface area contributed by atoms with Gasteiger partial charge in [-0.2, -0.15) is 5.26 Å². The van der Waals surface area contributed by atoms with Crippen molar-refractivity contribution in [2.45, 2.75) is 6.42 Å². The minimum atomic E-state index is -0.326. The number of pyridine rings is 1. The van der Waals surface area contributed by atoms with E-state index in [0.717, 1.165) is 5.56 Å². The van der Waals surface area contributed by atoms with Gasteiger partial charge in [0.1, 0.15) is 11.6 Å². The van der Waals surface area contributed by atoms with Gasteiger partial charge in [-0.05, 0) is 29.3 Å². The lowest BCUT2D eigenvalue weighted by molar-refractivity contribution is 0.628. The highest BCUT2D eigenvalue weighted by Gasteiger charge is 2.06. The molecule has 0 amide bonds. The molecule has 0 bridgehead atoms. The molecule has 0 saturated heterocycles. The van der Waals surface area contributed by atoms with Crippen molar-refractivity contribution in [3.8, 4) is 17.2 Å². The average Bonchev–Trinajstić information content (AvgIpc) is 2.32. The van der Waals surface area contributed by atoms with Crippen LogP contribution in [0.3, 0.4) is 0 Å². The fourth-order valence-electron chi connectivity index (χ4n) is 1.59. The summed E-state index contributed by atoms with van der Waals surface area (Å²) >= 11 is 0. The van der Waals surface area contributed by atoms with Crippen LogP contribution in [0.4, 0.5) is 10.2 Å². The van der Waals surface area contributed by atoms with Crippen LogP contribution in [-0.2, 0) is 6.42 Å². The molecular formula is C13H10FN3. The highest BCUT2D eigenvalue weighted by molar-refractivity contribution is 5.74. The van der Waals surface area contributed by atoms with E-state index in [1.54, 1.807) is 24.4 Å². The maximum atomic E-state index is 13.1. The van der Waals surface area contributed by atoms with Crippen molar-refractivity contribution >= 4 is 5.82 Å². The van der Waals surface area contributed by atoms with Crippen LogP contribution in [0.5, 0.6) is 0 Å². The summed E-state index contributed by atoms with van der Waals surface area (Å²) in [7, 11) is 0. The summed E-state index contributed by atoms with van der Waals surface area (Å²) in [6.07, 6.45) is 1.82. The van der Waals surface area contributed by atoms with Gasteiger partial charge in [-0.15, -0.1) is 0 Å². The van der Waals surface area contributed by atoms with E-state index in [4.69, 9.17) is 11.0 Å². The molecule has 84 valence electrons. The van der Waals surface area contributed by atoms with E-state index in [9.17, 15) is 4.39 Å². The van der Waals surface area contributed by atoms with Crippen molar-refractivity contribution in [3.05, 3.63) is 47.9 Å². The number of rotatable bonds is 2. The van der Waals surface area contributed by atoms with Crippen LogP contribution in [0.25, 0.3) is 11.1 Å². The van der Waals surface area contributed by atoms with E-state index in [1.165, 1.54) is 12.1 Å². The molecule has 0 spiro atoms. The second-order valence-corrected chi connectivity index (χ2v) is 3.62. The van der Waals surface area contributed by atoms with E-state index in [2.05, 4.69) is 4.98 Å². The predicted octanol–water partition coefficient (Wildman–Crippen LogP) is 2.54. The van der Waals surface area contributed by atoms with Gasteiger partial charge >= 0.3 is 0 Å². The predicted molar refractivity (Wildman–Crippen MR) is 63.4 cm³/mol. The normalized spacial score (nSPS) is 9.88. The van der Waals surface area contributed by atoms with Gasteiger partial charge in [0.25, 0.3) is 0 Å². The van der Waals surface area contributed by atoms with E-state index in [-0.39, 0.29) is 12.2 Å². The largest absolute Gasteiger partial charge is 0.383 e. The molecule has 3 nitrogen and oxygen atoms in total. The smallest absolute Gasteiger partial charge is 0.131 e. The number of aromatic nitrogens is 1. The molecule has 1 aromatic heterocycles. The van der Waals surface area contributed by atoms with Gasteiger partial charge < -0.3 is 5.73 Å². The SMILES string of the molecule is N#CCc1cnc(N)c(-c2cccc(F)c2)c1. The molecule has 0 radical (unpaired) electrons. The first kappa shape index (κ1) is 11.1. The van der Waals surface area contributed by atoms with Gasteiger partial charge in [0.2, 0.25) is 0 Å². The van der Waals surface area contributed by atoms with Crippen molar-refractivity contribution in [1.29, 1.82) is 5.26 Å².